The Morgan fingerprint density at radius 3 is 2.71 bits per heavy atom. The Bertz CT molecular complexity index is 1470. The van der Waals surface area contributed by atoms with E-state index >= 15 is 0 Å². The van der Waals surface area contributed by atoms with Crippen LogP contribution in [0.25, 0.3) is 27.9 Å². The summed E-state index contributed by atoms with van der Waals surface area (Å²) in [6.07, 6.45) is 8.28. The number of carbonyl (C=O) groups excluding carboxylic acids is 1. The van der Waals surface area contributed by atoms with Gasteiger partial charge in [0.15, 0.2) is 11.6 Å². The number of aromatic nitrogens is 5. The van der Waals surface area contributed by atoms with E-state index in [0.29, 0.717) is 39.4 Å². The second-order valence-electron chi connectivity index (χ2n) is 9.48. The summed E-state index contributed by atoms with van der Waals surface area (Å²) in [4.78, 5) is 35.7. The number of carboxylic acids is 1. The van der Waals surface area contributed by atoms with Gasteiger partial charge >= 0.3 is 5.97 Å². The van der Waals surface area contributed by atoms with Crippen LogP contribution in [0.2, 0.25) is 0 Å². The fourth-order valence-electron chi connectivity index (χ4n) is 5.82. The number of pyridine rings is 1. The molecular weight excluding hydrogens is 453 g/mol. The average molecular weight is 478 g/mol. The molecule has 2 atom stereocenters. The molecule has 4 aromatic heterocycles. The number of aromatic amines is 1. The van der Waals surface area contributed by atoms with Crippen molar-refractivity contribution >= 4 is 39.9 Å². The van der Waals surface area contributed by atoms with E-state index in [0.717, 1.165) is 31.9 Å². The van der Waals surface area contributed by atoms with E-state index in [9.17, 15) is 19.1 Å². The van der Waals surface area contributed by atoms with E-state index in [4.69, 9.17) is 4.98 Å². The van der Waals surface area contributed by atoms with E-state index < -0.39 is 17.7 Å². The maximum Gasteiger partial charge on any atom is 0.308 e. The molecule has 4 heterocycles. The van der Waals surface area contributed by atoms with Crippen LogP contribution >= 0.6 is 0 Å². The third-order valence-electron chi connectivity index (χ3n) is 7.33. The zero-order valence-electron chi connectivity index (χ0n) is 19.0. The van der Waals surface area contributed by atoms with Crippen molar-refractivity contribution in [2.75, 3.05) is 10.6 Å². The molecule has 10 nitrogen and oxygen atoms in total. The van der Waals surface area contributed by atoms with Crippen molar-refractivity contribution in [1.29, 1.82) is 0 Å². The topological polar surface area (TPSA) is 137 Å². The number of nitrogens with zero attached hydrogens (tertiary/aromatic N) is 4. The minimum Gasteiger partial charge on any atom is -0.481 e. The number of hydrogen-bond acceptors (Lipinski definition) is 6. The van der Waals surface area contributed by atoms with Crippen molar-refractivity contribution in [1.82, 2.24) is 24.6 Å². The molecule has 1 amide bonds. The first kappa shape index (κ1) is 21.5. The molecule has 3 saturated carbocycles. The standard InChI is InChI=1S/C24H24FN7O3/c1-11(33)28-15-7-18-23(29-20-13-4-2-12(3-5-13)19(20)24(34)35)30-22(31-32(18)10-15)17-9-27-21-16(17)6-14(25)8-26-21/h6-10,12-13,19-20H,2-5H2,1H3,(H,26,27)(H,28,33)(H,34,35)(H,29,30,31)/t12-,13+,19-,20-/m0/s1. The van der Waals surface area contributed by atoms with Gasteiger partial charge in [0.1, 0.15) is 17.0 Å². The highest BCUT2D eigenvalue weighted by molar-refractivity contribution is 5.93. The zero-order chi connectivity index (χ0) is 24.3. The highest BCUT2D eigenvalue weighted by Crippen LogP contribution is 2.46. The number of amides is 1. The van der Waals surface area contributed by atoms with Crippen molar-refractivity contribution < 1.29 is 19.1 Å². The van der Waals surface area contributed by atoms with Crippen molar-refractivity contribution in [2.24, 2.45) is 17.8 Å². The van der Waals surface area contributed by atoms with Crippen LogP contribution < -0.4 is 10.6 Å². The number of hydrogen-bond donors (Lipinski definition) is 4. The third-order valence-corrected chi connectivity index (χ3v) is 7.33. The number of carboxylic acid groups (broad SMARTS) is 1. The summed E-state index contributed by atoms with van der Waals surface area (Å²) in [5, 5.41) is 21.3. The SMILES string of the molecule is CC(=O)Nc1cc2c(N[C@H]3[C@H]4CC[C@H](CC4)[C@@H]3C(=O)O)nc(-c3c[nH]c4ncc(F)cc34)nn2c1. The van der Waals surface area contributed by atoms with Gasteiger partial charge in [-0.3, -0.25) is 9.59 Å². The summed E-state index contributed by atoms with van der Waals surface area (Å²) in [5.41, 5.74) is 2.21. The molecule has 0 aliphatic heterocycles. The molecule has 0 saturated heterocycles. The lowest BCUT2D eigenvalue weighted by atomic mass is 9.61. The molecule has 3 aliphatic carbocycles. The summed E-state index contributed by atoms with van der Waals surface area (Å²) in [6, 6.07) is 2.85. The van der Waals surface area contributed by atoms with E-state index in [-0.39, 0.29) is 23.8 Å². The van der Waals surface area contributed by atoms with Crippen LogP contribution in [-0.4, -0.2) is 47.6 Å². The number of H-pyrrole nitrogens is 1. The molecule has 3 fully saturated rings. The van der Waals surface area contributed by atoms with Crippen LogP contribution in [0, 0.1) is 23.6 Å². The maximum atomic E-state index is 14.0. The lowest BCUT2D eigenvalue weighted by Crippen LogP contribution is -2.51. The number of rotatable bonds is 5. The zero-order valence-corrected chi connectivity index (χ0v) is 19.0. The Morgan fingerprint density at radius 1 is 1.20 bits per heavy atom. The van der Waals surface area contributed by atoms with Gasteiger partial charge in [0.25, 0.3) is 0 Å². The van der Waals surface area contributed by atoms with Gasteiger partial charge in [0, 0.05) is 30.1 Å². The second kappa shape index (κ2) is 8.03. The molecule has 3 aliphatic rings. The van der Waals surface area contributed by atoms with Crippen LogP contribution in [0.4, 0.5) is 15.9 Å². The van der Waals surface area contributed by atoms with Gasteiger partial charge in [-0.05, 0) is 49.7 Å². The minimum absolute atomic E-state index is 0.136. The number of fused-ring (bicyclic) bond motifs is 5. The molecule has 2 bridgehead atoms. The maximum absolute atomic E-state index is 14.0. The van der Waals surface area contributed by atoms with Gasteiger partial charge in [0.05, 0.1) is 24.0 Å². The number of anilines is 2. The normalized spacial score (nSPS) is 23.6. The third kappa shape index (κ3) is 3.67. The lowest BCUT2D eigenvalue weighted by molar-refractivity contribution is -0.148. The molecule has 0 spiro atoms. The molecular formula is C24H24FN7O3. The van der Waals surface area contributed by atoms with Crippen molar-refractivity contribution in [2.45, 2.75) is 38.6 Å². The largest absolute Gasteiger partial charge is 0.481 e. The lowest BCUT2D eigenvalue weighted by Gasteiger charge is -2.47. The van der Waals surface area contributed by atoms with Crippen LogP contribution in [0.15, 0.2) is 30.7 Å². The summed E-state index contributed by atoms with van der Waals surface area (Å²) < 4.78 is 15.5. The van der Waals surface area contributed by atoms with Gasteiger partial charge in [-0.25, -0.2) is 18.9 Å². The van der Waals surface area contributed by atoms with Crippen LogP contribution in [-0.2, 0) is 9.59 Å². The van der Waals surface area contributed by atoms with E-state index in [2.05, 4.69) is 25.7 Å². The smallest absolute Gasteiger partial charge is 0.308 e. The molecule has 7 rings (SSSR count). The Labute approximate surface area is 199 Å². The molecule has 0 unspecified atom stereocenters. The van der Waals surface area contributed by atoms with E-state index in [1.54, 1.807) is 23.0 Å². The predicted octanol–water partition coefficient (Wildman–Crippen LogP) is 3.67. The molecule has 180 valence electrons. The summed E-state index contributed by atoms with van der Waals surface area (Å²) in [7, 11) is 0. The number of halogens is 1. The fraction of sp³-hybridized carbons (Fsp3) is 0.375. The first-order chi connectivity index (χ1) is 16.9. The molecule has 4 N–H and O–H groups in total. The Balaban J connectivity index is 1.49. The first-order valence-corrected chi connectivity index (χ1v) is 11.7. The second-order valence-corrected chi connectivity index (χ2v) is 9.48. The first-order valence-electron chi connectivity index (χ1n) is 11.7. The van der Waals surface area contributed by atoms with Crippen molar-refractivity contribution in [3.05, 3.63) is 36.5 Å². The summed E-state index contributed by atoms with van der Waals surface area (Å²) in [5.74, 6) is -0.851. The Morgan fingerprint density at radius 2 is 1.97 bits per heavy atom. The van der Waals surface area contributed by atoms with Gasteiger partial charge in [-0.1, -0.05) is 0 Å². The van der Waals surface area contributed by atoms with Crippen molar-refractivity contribution in [3.63, 3.8) is 0 Å². The monoisotopic (exact) mass is 477 g/mol. The van der Waals surface area contributed by atoms with Crippen molar-refractivity contribution in [3.8, 4) is 11.4 Å². The molecule has 0 radical (unpaired) electrons. The van der Waals surface area contributed by atoms with Gasteiger partial charge in [0.2, 0.25) is 5.91 Å². The number of aliphatic carboxylic acids is 1. The van der Waals surface area contributed by atoms with Crippen LogP contribution in [0.5, 0.6) is 0 Å². The molecule has 35 heavy (non-hydrogen) atoms. The molecule has 4 aromatic rings. The average Bonchev–Trinajstić information content (AvgIpc) is 3.42. The van der Waals surface area contributed by atoms with Crippen LogP contribution in [0.3, 0.4) is 0 Å². The minimum atomic E-state index is -0.797. The number of carbonyl (C=O) groups is 2. The van der Waals surface area contributed by atoms with E-state index in [1.807, 2.05) is 0 Å². The quantitative estimate of drug-likeness (QED) is 0.344. The van der Waals surface area contributed by atoms with Gasteiger partial charge in [-0.2, -0.15) is 0 Å². The Kier molecular flexibility index (Phi) is 4.94. The Hall–Kier alpha value is -4.02. The van der Waals surface area contributed by atoms with Crippen LogP contribution in [0.1, 0.15) is 32.6 Å². The van der Waals surface area contributed by atoms with E-state index in [1.165, 1.54) is 13.0 Å². The predicted molar refractivity (Wildman–Crippen MR) is 126 cm³/mol. The fourth-order valence-corrected chi connectivity index (χ4v) is 5.82. The highest BCUT2D eigenvalue weighted by atomic mass is 19.1. The molecule has 0 aromatic carbocycles. The summed E-state index contributed by atoms with van der Waals surface area (Å²) in [6.45, 7) is 1.42. The number of nitrogens with one attached hydrogen (secondary N) is 3. The molecule has 11 heteroatoms. The highest BCUT2D eigenvalue weighted by Gasteiger charge is 2.47. The summed E-state index contributed by atoms with van der Waals surface area (Å²) >= 11 is 0. The van der Waals surface area contributed by atoms with Gasteiger partial charge in [-0.15, -0.1) is 5.10 Å². The van der Waals surface area contributed by atoms with Gasteiger partial charge < -0.3 is 20.7 Å².